The molecule has 13 unspecified atom stereocenters. The van der Waals surface area contributed by atoms with Gasteiger partial charge in [-0.3, -0.25) is 14.4 Å². The molecule has 4 aliphatic rings. The fourth-order valence-corrected chi connectivity index (χ4v) is 11.1. The molecule has 0 aliphatic heterocycles. The van der Waals surface area contributed by atoms with Crippen LogP contribution < -0.4 is 0 Å². The monoisotopic (exact) mass is 786 g/mol. The van der Waals surface area contributed by atoms with Crippen LogP contribution >= 0.6 is 18.5 Å². The first kappa shape index (κ1) is 43.6. The van der Waals surface area contributed by atoms with Crippen LogP contribution in [0.1, 0.15) is 112 Å². The van der Waals surface area contributed by atoms with E-state index >= 15 is 0 Å². The van der Waals surface area contributed by atoms with Gasteiger partial charge in [-0.25, -0.2) is 9.59 Å². The lowest BCUT2D eigenvalue weighted by Crippen LogP contribution is -2.71. The molecule has 4 N–H and O–H groups in total. The number of carbonyl (C=O) groups is 5. The third-order valence-corrected chi connectivity index (χ3v) is 14.4. The summed E-state index contributed by atoms with van der Waals surface area (Å²) in [4.78, 5) is 62.9. The smallest absolute Gasteiger partial charge is 0.335 e. The van der Waals surface area contributed by atoms with Crippen molar-refractivity contribution in [1.82, 2.24) is 0 Å². The van der Waals surface area contributed by atoms with Crippen LogP contribution in [-0.2, 0) is 38.1 Å². The third kappa shape index (κ3) is 8.95. The maximum atomic E-state index is 13.9. The van der Waals surface area contributed by atoms with E-state index < -0.39 is 100 Å². The summed E-state index contributed by atoms with van der Waals surface area (Å²) in [5.74, 6) is -5.04. The van der Waals surface area contributed by atoms with Crippen LogP contribution in [0.4, 0.5) is 4.79 Å². The standard InChI is InChI=1S/C38H60O13P2/c1-19-26(50-34(45)30(44)24(17-28(42)43)23-12-8-7-9-13-23)18-38(47)32(51-35(46)53)25-15-22(11-10-14-48-20(2)39)16-27(41)37(25,6)33(52)31(49-21(3)40)29(19)36(38,4)5/h22-27,30-33,41,44,47H,7-18,52-53H2,1-6H3,(H,42,43). The summed E-state index contributed by atoms with van der Waals surface area (Å²) in [5.41, 5.74) is -4.85. The van der Waals surface area contributed by atoms with Crippen molar-refractivity contribution in [1.29, 1.82) is 0 Å². The number of aliphatic carboxylic acids is 1. The van der Waals surface area contributed by atoms with E-state index in [1.807, 2.05) is 16.2 Å². The van der Waals surface area contributed by atoms with Crippen molar-refractivity contribution in [3.8, 4) is 0 Å². The summed E-state index contributed by atoms with van der Waals surface area (Å²) in [6.07, 6.45) is -0.937. The van der Waals surface area contributed by atoms with E-state index in [4.69, 9.17) is 18.9 Å². The van der Waals surface area contributed by atoms with Crippen LogP contribution in [0.3, 0.4) is 0 Å². The van der Waals surface area contributed by atoms with E-state index in [1.54, 1.807) is 20.8 Å². The SMILES string of the molecule is CC(=O)OCCCC1CC(O)C2(C)C(P)C(OC(C)=O)C3=C(C)C(OC(=O)C(O)C(CC(=O)O)C4CCCCC4)CC(O)(C(OC(=O)P)C2C1)C3(C)C. The van der Waals surface area contributed by atoms with E-state index in [9.17, 15) is 44.4 Å². The quantitative estimate of drug-likeness (QED) is 0.0697. The number of esters is 3. The van der Waals surface area contributed by atoms with Crippen molar-refractivity contribution >= 4 is 48.1 Å². The highest BCUT2D eigenvalue weighted by molar-refractivity contribution is 7.39. The zero-order chi connectivity index (χ0) is 39.6. The molecule has 2 bridgehead atoms. The van der Waals surface area contributed by atoms with E-state index in [0.29, 0.717) is 49.7 Å². The molecular formula is C38H60O13P2. The molecule has 13 atom stereocenters. The Bertz CT molecular complexity index is 1430. The predicted octanol–water partition coefficient (Wildman–Crippen LogP) is 4.71. The fourth-order valence-electron chi connectivity index (χ4n) is 10.2. The van der Waals surface area contributed by atoms with Crippen LogP contribution in [0.2, 0.25) is 0 Å². The van der Waals surface area contributed by atoms with Gasteiger partial charge in [-0.15, -0.1) is 9.24 Å². The average Bonchev–Trinajstić information content (AvgIpc) is 3.07. The average molecular weight is 787 g/mol. The second kappa shape index (κ2) is 17.3. The number of carboxylic acids is 1. The molecule has 3 saturated carbocycles. The highest BCUT2D eigenvalue weighted by Crippen LogP contribution is 2.63. The first-order valence-corrected chi connectivity index (χ1v) is 20.1. The minimum atomic E-state index is -1.97. The number of carboxylic acid groups (broad SMARTS) is 1. The molecule has 53 heavy (non-hydrogen) atoms. The van der Waals surface area contributed by atoms with E-state index in [2.05, 4.69) is 9.24 Å². The number of fused-ring (bicyclic) bond motifs is 3. The highest BCUT2D eigenvalue weighted by Gasteiger charge is 2.69. The third-order valence-electron chi connectivity index (χ3n) is 13.2. The van der Waals surface area contributed by atoms with Crippen molar-refractivity contribution in [2.75, 3.05) is 6.61 Å². The van der Waals surface area contributed by atoms with Crippen molar-refractivity contribution in [3.05, 3.63) is 11.1 Å². The second-order valence-electron chi connectivity index (χ2n) is 16.6. The number of hydrogen-bond donors (Lipinski definition) is 4. The van der Waals surface area contributed by atoms with Crippen LogP contribution in [-0.4, -0.2) is 98.4 Å². The lowest BCUT2D eigenvalue weighted by Gasteiger charge is -2.64. The minimum absolute atomic E-state index is 0.116. The number of hydrogen-bond acceptors (Lipinski definition) is 12. The number of aliphatic hydroxyl groups is 3. The summed E-state index contributed by atoms with van der Waals surface area (Å²) in [6, 6.07) is 0. The highest BCUT2D eigenvalue weighted by atomic mass is 31.0. The molecule has 15 heteroatoms. The van der Waals surface area contributed by atoms with Gasteiger partial charge in [-0.1, -0.05) is 52.9 Å². The van der Waals surface area contributed by atoms with Crippen LogP contribution in [0.15, 0.2) is 11.1 Å². The predicted molar refractivity (Wildman–Crippen MR) is 199 cm³/mol. The van der Waals surface area contributed by atoms with Crippen LogP contribution in [0.25, 0.3) is 0 Å². The second-order valence-corrected chi connectivity index (χ2v) is 17.8. The molecule has 300 valence electrons. The number of ether oxygens (including phenoxy) is 4. The first-order chi connectivity index (χ1) is 24.7. The Morgan fingerprint density at radius 2 is 1.60 bits per heavy atom. The van der Waals surface area contributed by atoms with Crippen molar-refractivity contribution < 1.29 is 63.3 Å². The minimum Gasteiger partial charge on any atom is -0.481 e. The van der Waals surface area contributed by atoms with Crippen LogP contribution in [0.5, 0.6) is 0 Å². The summed E-state index contributed by atoms with van der Waals surface area (Å²) in [5, 5.41) is 46.4. The number of aliphatic hydroxyl groups excluding tert-OH is 2. The molecule has 0 aromatic heterocycles. The van der Waals surface area contributed by atoms with Gasteiger partial charge in [0.1, 0.15) is 23.9 Å². The molecule has 0 aromatic rings. The van der Waals surface area contributed by atoms with E-state index in [-0.39, 0.29) is 24.9 Å². The molecule has 4 aliphatic carbocycles. The summed E-state index contributed by atoms with van der Waals surface area (Å²) in [6.45, 7) is 9.89. The Morgan fingerprint density at radius 3 is 2.17 bits per heavy atom. The molecule has 0 heterocycles. The van der Waals surface area contributed by atoms with Gasteiger partial charge < -0.3 is 39.4 Å². The zero-order valence-corrected chi connectivity index (χ0v) is 34.2. The number of rotatable bonds is 12. The van der Waals surface area contributed by atoms with Gasteiger partial charge in [0.25, 0.3) is 0 Å². The lowest BCUT2D eigenvalue weighted by molar-refractivity contribution is -0.228. The maximum Gasteiger partial charge on any atom is 0.335 e. The Balaban J connectivity index is 1.83. The fraction of sp³-hybridized carbons (Fsp3) is 0.816. The maximum absolute atomic E-state index is 13.9. The van der Waals surface area contributed by atoms with Gasteiger partial charge >= 0.3 is 29.6 Å². The van der Waals surface area contributed by atoms with Crippen molar-refractivity contribution in [2.45, 2.75) is 154 Å². The summed E-state index contributed by atoms with van der Waals surface area (Å²) >= 11 is 0. The van der Waals surface area contributed by atoms with Gasteiger partial charge in [0, 0.05) is 48.6 Å². The Kier molecular flexibility index (Phi) is 14.2. The molecule has 0 aromatic carbocycles. The molecule has 13 nitrogen and oxygen atoms in total. The van der Waals surface area contributed by atoms with Gasteiger partial charge in [-0.05, 0) is 64.8 Å². The molecule has 0 amide bonds. The van der Waals surface area contributed by atoms with Gasteiger partial charge in [-0.2, -0.15) is 0 Å². The van der Waals surface area contributed by atoms with E-state index in [1.165, 1.54) is 13.8 Å². The number of carbonyl (C=O) groups excluding carboxylic acids is 4. The summed E-state index contributed by atoms with van der Waals surface area (Å²) in [7, 11) is 4.73. The Labute approximate surface area is 317 Å². The molecule has 0 spiro atoms. The normalized spacial score (nSPS) is 35.4. The molecule has 0 saturated heterocycles. The topological polar surface area (TPSA) is 203 Å². The van der Waals surface area contributed by atoms with Gasteiger partial charge in [0.15, 0.2) is 6.10 Å². The largest absolute Gasteiger partial charge is 0.481 e. The Morgan fingerprint density at radius 1 is 0.962 bits per heavy atom. The zero-order valence-electron chi connectivity index (χ0n) is 31.9. The van der Waals surface area contributed by atoms with Crippen molar-refractivity contribution in [2.24, 2.45) is 34.5 Å². The van der Waals surface area contributed by atoms with Crippen LogP contribution in [0, 0.1) is 34.5 Å². The lowest BCUT2D eigenvalue weighted by atomic mass is 9.47. The van der Waals surface area contributed by atoms with Gasteiger partial charge in [0.05, 0.1) is 19.1 Å². The molecule has 4 rings (SSSR count). The van der Waals surface area contributed by atoms with E-state index in [0.717, 1.165) is 19.3 Å². The summed E-state index contributed by atoms with van der Waals surface area (Å²) < 4.78 is 23.4. The van der Waals surface area contributed by atoms with Gasteiger partial charge in [0.2, 0.25) is 0 Å². The molecule has 3 fully saturated rings. The Hall–Kier alpha value is -2.17. The molecule has 0 radical (unpaired) electrons. The molecular weight excluding hydrogens is 726 g/mol. The first-order valence-electron chi connectivity index (χ1n) is 18.9. The van der Waals surface area contributed by atoms with Crippen molar-refractivity contribution in [3.63, 3.8) is 0 Å².